The molecule has 100 valence electrons. The van der Waals surface area contributed by atoms with Crippen molar-refractivity contribution in [2.75, 3.05) is 0 Å². The number of aromatic nitrogens is 3. The Morgan fingerprint density at radius 1 is 1.30 bits per heavy atom. The lowest BCUT2D eigenvalue weighted by molar-refractivity contribution is -0.116. The van der Waals surface area contributed by atoms with Crippen molar-refractivity contribution in [3.63, 3.8) is 0 Å². The van der Waals surface area contributed by atoms with Gasteiger partial charge in [-0.1, -0.05) is 6.07 Å². The number of carbonyl (C=O) groups excluding carboxylic acids is 1. The lowest BCUT2D eigenvalue weighted by Gasteiger charge is -2.00. The average Bonchev–Trinajstić information content (AvgIpc) is 3.12. The number of nitrogens with one attached hydrogen (secondary N) is 1. The van der Waals surface area contributed by atoms with Gasteiger partial charge in [0, 0.05) is 12.3 Å². The van der Waals surface area contributed by atoms with E-state index in [9.17, 15) is 4.79 Å². The van der Waals surface area contributed by atoms with E-state index in [1.165, 1.54) is 6.08 Å². The fraction of sp³-hybridized carbons (Fsp3) is 0.0714. The molecule has 1 amide bonds. The second-order valence-electron chi connectivity index (χ2n) is 4.11. The quantitative estimate of drug-likeness (QED) is 0.730. The predicted octanol–water partition coefficient (Wildman–Crippen LogP) is 1.65. The van der Waals surface area contributed by atoms with Crippen LogP contribution in [-0.2, 0) is 11.3 Å². The van der Waals surface area contributed by atoms with Crippen LogP contribution in [0.2, 0.25) is 0 Å². The van der Waals surface area contributed by atoms with Gasteiger partial charge in [-0.3, -0.25) is 9.20 Å². The summed E-state index contributed by atoms with van der Waals surface area (Å²) in [6.45, 7) is 0.312. The minimum absolute atomic E-state index is 0.214. The molecule has 6 heteroatoms. The number of rotatable bonds is 4. The number of hydrogen-bond donors (Lipinski definition) is 1. The zero-order valence-electron chi connectivity index (χ0n) is 10.6. The Balaban J connectivity index is 1.63. The van der Waals surface area contributed by atoms with Gasteiger partial charge in [0.1, 0.15) is 5.76 Å². The van der Waals surface area contributed by atoms with Crippen molar-refractivity contribution in [2.45, 2.75) is 6.54 Å². The highest BCUT2D eigenvalue weighted by molar-refractivity contribution is 5.91. The molecule has 0 saturated heterocycles. The number of hydrogen-bond acceptors (Lipinski definition) is 4. The van der Waals surface area contributed by atoms with E-state index < -0.39 is 0 Å². The van der Waals surface area contributed by atoms with Crippen molar-refractivity contribution in [2.24, 2.45) is 0 Å². The summed E-state index contributed by atoms with van der Waals surface area (Å²) in [4.78, 5) is 11.7. The Labute approximate surface area is 114 Å². The van der Waals surface area contributed by atoms with Crippen LogP contribution in [-0.4, -0.2) is 20.5 Å². The topological polar surface area (TPSA) is 72.4 Å². The Morgan fingerprint density at radius 3 is 3.10 bits per heavy atom. The molecule has 0 atom stereocenters. The van der Waals surface area contributed by atoms with Crippen LogP contribution in [0.15, 0.2) is 53.3 Å². The number of amides is 1. The molecular formula is C14H12N4O2. The summed E-state index contributed by atoms with van der Waals surface area (Å²) in [5, 5.41) is 10.8. The zero-order valence-corrected chi connectivity index (χ0v) is 10.6. The molecule has 0 aliphatic carbocycles. The van der Waals surface area contributed by atoms with Crippen LogP contribution in [0.4, 0.5) is 0 Å². The zero-order chi connectivity index (χ0) is 13.8. The largest absolute Gasteiger partial charge is 0.465 e. The molecule has 3 heterocycles. The highest BCUT2D eigenvalue weighted by atomic mass is 16.3. The minimum atomic E-state index is -0.214. The van der Waals surface area contributed by atoms with Gasteiger partial charge in [0.05, 0.1) is 12.8 Å². The Kier molecular flexibility index (Phi) is 3.28. The molecule has 0 aliphatic rings. The van der Waals surface area contributed by atoms with E-state index in [0.717, 1.165) is 5.65 Å². The van der Waals surface area contributed by atoms with Gasteiger partial charge in [0.2, 0.25) is 5.91 Å². The fourth-order valence-electron chi connectivity index (χ4n) is 1.78. The van der Waals surface area contributed by atoms with Crippen LogP contribution in [0.5, 0.6) is 0 Å². The molecule has 0 bridgehead atoms. The van der Waals surface area contributed by atoms with E-state index in [2.05, 4.69) is 15.5 Å². The van der Waals surface area contributed by atoms with E-state index in [-0.39, 0.29) is 5.91 Å². The summed E-state index contributed by atoms with van der Waals surface area (Å²) in [5.74, 6) is 1.10. The monoisotopic (exact) mass is 268 g/mol. The van der Waals surface area contributed by atoms with Gasteiger partial charge >= 0.3 is 0 Å². The summed E-state index contributed by atoms with van der Waals surface area (Å²) in [7, 11) is 0. The third-order valence-electron chi connectivity index (χ3n) is 2.75. The second-order valence-corrected chi connectivity index (χ2v) is 4.11. The summed E-state index contributed by atoms with van der Waals surface area (Å²) < 4.78 is 6.93. The number of nitrogens with zero attached hydrogens (tertiary/aromatic N) is 3. The standard InChI is InChI=1S/C14H12N4O2/c19-14(7-6-11-4-3-9-20-11)15-10-13-17-16-12-5-1-2-8-18(12)13/h1-9H,10H2,(H,15,19)/b7-6+. The SMILES string of the molecule is O=C(/C=C/c1ccco1)NCc1nnc2ccccn12. The minimum Gasteiger partial charge on any atom is -0.465 e. The second kappa shape index (κ2) is 5.40. The summed E-state index contributed by atoms with van der Waals surface area (Å²) in [5.41, 5.74) is 0.753. The highest BCUT2D eigenvalue weighted by Crippen LogP contribution is 2.03. The first-order chi connectivity index (χ1) is 9.83. The van der Waals surface area contributed by atoms with Crippen LogP contribution in [0.25, 0.3) is 11.7 Å². The fourth-order valence-corrected chi connectivity index (χ4v) is 1.78. The molecule has 0 fully saturated rings. The molecule has 0 unspecified atom stereocenters. The van der Waals surface area contributed by atoms with E-state index in [4.69, 9.17) is 4.42 Å². The van der Waals surface area contributed by atoms with Gasteiger partial charge in [-0.15, -0.1) is 10.2 Å². The lowest BCUT2D eigenvalue weighted by atomic mass is 10.4. The molecule has 0 radical (unpaired) electrons. The van der Waals surface area contributed by atoms with E-state index in [1.54, 1.807) is 24.5 Å². The first-order valence-corrected chi connectivity index (χ1v) is 6.11. The molecule has 0 aliphatic heterocycles. The maximum absolute atomic E-state index is 11.7. The molecule has 3 aromatic heterocycles. The first-order valence-electron chi connectivity index (χ1n) is 6.11. The molecule has 20 heavy (non-hydrogen) atoms. The van der Waals surface area contributed by atoms with Crippen LogP contribution in [0.3, 0.4) is 0 Å². The number of furan rings is 1. The average molecular weight is 268 g/mol. The molecule has 0 saturated carbocycles. The number of pyridine rings is 1. The molecule has 1 N–H and O–H groups in total. The van der Waals surface area contributed by atoms with Gasteiger partial charge in [-0.2, -0.15) is 0 Å². The number of carbonyl (C=O) groups is 1. The lowest BCUT2D eigenvalue weighted by Crippen LogP contribution is -2.21. The maximum atomic E-state index is 11.7. The smallest absolute Gasteiger partial charge is 0.244 e. The Morgan fingerprint density at radius 2 is 2.25 bits per heavy atom. The normalized spacial score (nSPS) is 11.2. The van der Waals surface area contributed by atoms with Crippen molar-refractivity contribution in [3.8, 4) is 0 Å². The molecule has 6 nitrogen and oxygen atoms in total. The third kappa shape index (κ3) is 2.59. The van der Waals surface area contributed by atoms with E-state index in [1.807, 2.05) is 28.8 Å². The van der Waals surface area contributed by atoms with Gasteiger partial charge < -0.3 is 9.73 Å². The molecular weight excluding hydrogens is 256 g/mol. The van der Waals surface area contributed by atoms with Gasteiger partial charge in [0.15, 0.2) is 11.5 Å². The van der Waals surface area contributed by atoms with Crippen molar-refractivity contribution in [1.82, 2.24) is 19.9 Å². The summed E-state index contributed by atoms with van der Waals surface area (Å²) in [6.07, 6.45) is 6.44. The van der Waals surface area contributed by atoms with Crippen molar-refractivity contribution in [1.29, 1.82) is 0 Å². The van der Waals surface area contributed by atoms with E-state index in [0.29, 0.717) is 18.1 Å². The summed E-state index contributed by atoms with van der Waals surface area (Å²) >= 11 is 0. The Hall–Kier alpha value is -2.89. The predicted molar refractivity (Wildman–Crippen MR) is 72.6 cm³/mol. The van der Waals surface area contributed by atoms with E-state index >= 15 is 0 Å². The Bertz CT molecular complexity index is 743. The van der Waals surface area contributed by atoms with Crippen molar-refractivity contribution in [3.05, 3.63) is 60.5 Å². The van der Waals surface area contributed by atoms with Crippen LogP contribution in [0.1, 0.15) is 11.6 Å². The molecule has 0 spiro atoms. The molecule has 3 aromatic rings. The van der Waals surface area contributed by atoms with Crippen molar-refractivity contribution < 1.29 is 9.21 Å². The van der Waals surface area contributed by atoms with Gasteiger partial charge in [0.25, 0.3) is 0 Å². The molecule has 3 rings (SSSR count). The third-order valence-corrected chi connectivity index (χ3v) is 2.75. The number of fused-ring (bicyclic) bond motifs is 1. The molecule has 0 aromatic carbocycles. The van der Waals surface area contributed by atoms with Crippen LogP contribution < -0.4 is 5.32 Å². The highest BCUT2D eigenvalue weighted by Gasteiger charge is 2.05. The van der Waals surface area contributed by atoms with Crippen LogP contribution >= 0.6 is 0 Å². The van der Waals surface area contributed by atoms with Crippen LogP contribution in [0, 0.1) is 0 Å². The van der Waals surface area contributed by atoms with Crippen molar-refractivity contribution >= 4 is 17.6 Å². The summed E-state index contributed by atoms with van der Waals surface area (Å²) in [6, 6.07) is 9.17. The first kappa shape index (κ1) is 12.2. The maximum Gasteiger partial charge on any atom is 0.244 e. The van der Waals surface area contributed by atoms with Gasteiger partial charge in [-0.25, -0.2) is 0 Å². The van der Waals surface area contributed by atoms with Gasteiger partial charge in [-0.05, 0) is 30.3 Å².